The van der Waals surface area contributed by atoms with E-state index in [1.165, 1.54) is 0 Å². The molecule has 5 N–H and O–H groups in total. The molecule has 1 aliphatic heterocycles. The van der Waals surface area contributed by atoms with Crippen LogP contribution in [0.3, 0.4) is 0 Å². The van der Waals surface area contributed by atoms with Gasteiger partial charge in [-0.2, -0.15) is 0 Å². The van der Waals surface area contributed by atoms with E-state index in [2.05, 4.69) is 16.0 Å². The fraction of sp³-hybridized carbons (Fsp3) is 0.833. The van der Waals surface area contributed by atoms with Gasteiger partial charge in [-0.15, -0.1) is 0 Å². The van der Waals surface area contributed by atoms with E-state index in [1.807, 2.05) is 6.92 Å². The zero-order valence-corrected chi connectivity index (χ0v) is 11.2. The van der Waals surface area contributed by atoms with Crippen LogP contribution in [0.1, 0.15) is 39.5 Å². The van der Waals surface area contributed by atoms with Crippen molar-refractivity contribution in [1.29, 1.82) is 0 Å². The smallest absolute Gasteiger partial charge is 0.243 e. The van der Waals surface area contributed by atoms with Gasteiger partial charge in [0.2, 0.25) is 11.8 Å². The van der Waals surface area contributed by atoms with Gasteiger partial charge in [-0.05, 0) is 32.7 Å². The number of carbonyl (C=O) groups is 2. The average Bonchev–Trinajstić information content (AvgIpc) is 2.80. The number of hydrogen-bond donors (Lipinski definition) is 4. The highest BCUT2D eigenvalue weighted by Gasteiger charge is 2.24. The first-order valence-electron chi connectivity index (χ1n) is 6.64. The molecule has 6 heteroatoms. The van der Waals surface area contributed by atoms with Crippen LogP contribution < -0.4 is 21.7 Å². The molecule has 0 radical (unpaired) electrons. The third-order valence-corrected chi connectivity index (χ3v) is 3.00. The van der Waals surface area contributed by atoms with Crippen LogP contribution in [0.5, 0.6) is 0 Å². The molecule has 0 aromatic heterocycles. The summed E-state index contributed by atoms with van der Waals surface area (Å²) in [4.78, 5) is 23.6. The second-order valence-corrected chi connectivity index (χ2v) is 4.80. The highest BCUT2D eigenvalue weighted by Crippen LogP contribution is 2.04. The molecule has 0 spiro atoms. The van der Waals surface area contributed by atoms with E-state index < -0.39 is 12.1 Å². The second-order valence-electron chi connectivity index (χ2n) is 4.80. The molecule has 1 fully saturated rings. The summed E-state index contributed by atoms with van der Waals surface area (Å²) in [5, 5.41) is 8.78. The highest BCUT2D eigenvalue weighted by molar-refractivity contribution is 5.89. The quantitative estimate of drug-likeness (QED) is 0.512. The molecule has 3 unspecified atom stereocenters. The van der Waals surface area contributed by atoms with Gasteiger partial charge in [0.1, 0.15) is 6.04 Å². The Labute approximate surface area is 108 Å². The van der Waals surface area contributed by atoms with E-state index in [9.17, 15) is 9.59 Å². The van der Waals surface area contributed by atoms with Gasteiger partial charge in [0.15, 0.2) is 0 Å². The molecule has 0 bridgehead atoms. The fourth-order valence-electron chi connectivity index (χ4n) is 1.94. The van der Waals surface area contributed by atoms with Crippen molar-refractivity contribution in [3.63, 3.8) is 0 Å². The molecule has 104 valence electrons. The maximum Gasteiger partial charge on any atom is 0.243 e. The lowest BCUT2D eigenvalue weighted by molar-refractivity contribution is -0.130. The highest BCUT2D eigenvalue weighted by atomic mass is 16.2. The van der Waals surface area contributed by atoms with Crippen LogP contribution in [0.4, 0.5) is 0 Å². The lowest BCUT2D eigenvalue weighted by Crippen LogP contribution is -2.54. The second kappa shape index (κ2) is 7.33. The minimum Gasteiger partial charge on any atom is -0.343 e. The molecule has 0 aliphatic carbocycles. The van der Waals surface area contributed by atoms with Crippen molar-refractivity contribution < 1.29 is 9.59 Å². The van der Waals surface area contributed by atoms with E-state index in [0.717, 1.165) is 25.8 Å². The normalized spacial score (nSPS) is 22.3. The van der Waals surface area contributed by atoms with Crippen molar-refractivity contribution in [2.45, 2.75) is 57.8 Å². The topological polar surface area (TPSA) is 96.2 Å². The van der Waals surface area contributed by atoms with E-state index in [0.29, 0.717) is 6.42 Å². The number of nitrogens with two attached hydrogens (primary N) is 1. The molecular formula is C12H24N4O2. The number of rotatable bonds is 6. The van der Waals surface area contributed by atoms with Crippen molar-refractivity contribution in [1.82, 2.24) is 16.0 Å². The van der Waals surface area contributed by atoms with Gasteiger partial charge in [0.05, 0.1) is 12.2 Å². The Kier molecular flexibility index (Phi) is 6.07. The number of nitrogens with one attached hydrogen (secondary N) is 3. The Morgan fingerprint density at radius 3 is 2.67 bits per heavy atom. The summed E-state index contributed by atoms with van der Waals surface area (Å²) in [5.41, 5.74) is 5.49. The molecule has 0 aromatic carbocycles. The summed E-state index contributed by atoms with van der Waals surface area (Å²) < 4.78 is 0. The molecule has 1 heterocycles. The first-order valence-corrected chi connectivity index (χ1v) is 6.64. The third kappa shape index (κ3) is 4.62. The van der Waals surface area contributed by atoms with E-state index in [-0.39, 0.29) is 18.0 Å². The molecule has 3 atom stereocenters. The summed E-state index contributed by atoms with van der Waals surface area (Å²) >= 11 is 0. The minimum absolute atomic E-state index is 0.0315. The molecule has 0 saturated carbocycles. The van der Waals surface area contributed by atoms with Gasteiger partial charge < -0.3 is 16.4 Å². The first kappa shape index (κ1) is 14.9. The van der Waals surface area contributed by atoms with E-state index in [4.69, 9.17) is 5.73 Å². The number of amides is 2. The molecule has 0 aromatic rings. The fourth-order valence-corrected chi connectivity index (χ4v) is 1.94. The van der Waals surface area contributed by atoms with Crippen molar-refractivity contribution in [2.75, 3.05) is 6.54 Å². The predicted molar refractivity (Wildman–Crippen MR) is 69.7 cm³/mol. The Morgan fingerprint density at radius 1 is 1.44 bits per heavy atom. The molecule has 1 rings (SSSR count). The zero-order chi connectivity index (χ0) is 13.5. The van der Waals surface area contributed by atoms with E-state index >= 15 is 0 Å². The Hall–Kier alpha value is -1.14. The Balaban J connectivity index is 2.48. The lowest BCUT2D eigenvalue weighted by Gasteiger charge is -2.21. The summed E-state index contributed by atoms with van der Waals surface area (Å²) in [5.74, 6) is -0.423. The minimum atomic E-state index is -0.596. The van der Waals surface area contributed by atoms with Gasteiger partial charge in [-0.25, -0.2) is 0 Å². The maximum atomic E-state index is 12.0. The summed E-state index contributed by atoms with van der Waals surface area (Å²) in [6.07, 6.45) is 3.48. The van der Waals surface area contributed by atoms with Gasteiger partial charge in [-0.3, -0.25) is 14.9 Å². The van der Waals surface area contributed by atoms with Crippen LogP contribution in [0.15, 0.2) is 0 Å². The number of carbonyl (C=O) groups excluding carboxylic acids is 2. The largest absolute Gasteiger partial charge is 0.343 e. The predicted octanol–water partition coefficient (Wildman–Crippen LogP) is -0.556. The maximum absolute atomic E-state index is 12.0. The van der Waals surface area contributed by atoms with Gasteiger partial charge in [-0.1, -0.05) is 13.3 Å². The van der Waals surface area contributed by atoms with Crippen LogP contribution in [-0.2, 0) is 9.59 Å². The monoisotopic (exact) mass is 256 g/mol. The van der Waals surface area contributed by atoms with Crippen LogP contribution in [0.2, 0.25) is 0 Å². The standard InChI is InChI=1S/C12H24N4O2/c1-3-5-9(15-11(17)8(2)13)12(18)16-10-6-4-7-14-10/h8-10,14H,3-7,13H2,1-2H3,(H,15,17)(H,16,18). The zero-order valence-electron chi connectivity index (χ0n) is 11.2. The van der Waals surface area contributed by atoms with Gasteiger partial charge in [0.25, 0.3) is 0 Å². The van der Waals surface area contributed by atoms with Gasteiger partial charge >= 0.3 is 0 Å². The third-order valence-electron chi connectivity index (χ3n) is 3.00. The molecule has 18 heavy (non-hydrogen) atoms. The summed E-state index contributed by atoms with van der Waals surface area (Å²) in [6.45, 7) is 4.51. The van der Waals surface area contributed by atoms with Crippen molar-refractivity contribution in [3.8, 4) is 0 Å². The molecule has 1 aliphatic rings. The Morgan fingerprint density at radius 2 is 2.17 bits per heavy atom. The summed E-state index contributed by atoms with van der Waals surface area (Å²) in [7, 11) is 0. The molecule has 6 nitrogen and oxygen atoms in total. The summed E-state index contributed by atoms with van der Waals surface area (Å²) in [6, 6.07) is -1.09. The van der Waals surface area contributed by atoms with Crippen LogP contribution in [-0.4, -0.2) is 36.6 Å². The Bertz CT molecular complexity index is 288. The molecule has 1 saturated heterocycles. The molecule has 2 amide bonds. The van der Waals surface area contributed by atoms with Crippen molar-refractivity contribution >= 4 is 11.8 Å². The van der Waals surface area contributed by atoms with Crippen LogP contribution in [0.25, 0.3) is 0 Å². The SMILES string of the molecule is CCCC(NC(=O)C(C)N)C(=O)NC1CCCN1. The van der Waals surface area contributed by atoms with Crippen molar-refractivity contribution in [3.05, 3.63) is 0 Å². The first-order chi connectivity index (χ1) is 8.54. The van der Waals surface area contributed by atoms with Gasteiger partial charge in [0, 0.05) is 0 Å². The number of hydrogen-bond acceptors (Lipinski definition) is 4. The van der Waals surface area contributed by atoms with Crippen LogP contribution >= 0.6 is 0 Å². The van der Waals surface area contributed by atoms with E-state index in [1.54, 1.807) is 6.92 Å². The van der Waals surface area contributed by atoms with Crippen LogP contribution in [0, 0.1) is 0 Å². The average molecular weight is 256 g/mol. The lowest BCUT2D eigenvalue weighted by atomic mass is 10.1. The van der Waals surface area contributed by atoms with Crippen molar-refractivity contribution in [2.24, 2.45) is 5.73 Å². The molecular weight excluding hydrogens is 232 g/mol.